The molecule has 0 bridgehead atoms. The van der Waals surface area contributed by atoms with E-state index in [2.05, 4.69) is 4.98 Å². The minimum absolute atomic E-state index is 0.181. The van der Waals surface area contributed by atoms with Gasteiger partial charge in [-0.2, -0.15) is 22.7 Å². The van der Waals surface area contributed by atoms with E-state index in [1.165, 1.54) is 6.92 Å². The van der Waals surface area contributed by atoms with Crippen LogP contribution in [0.15, 0.2) is 34.7 Å². The molecule has 0 amide bonds. The summed E-state index contributed by atoms with van der Waals surface area (Å²) in [5.41, 5.74) is -0.413. The molecule has 0 aliphatic carbocycles. The molecule has 1 aromatic heterocycles. The number of nitrogens with zero attached hydrogens (tertiary/aromatic N) is 3. The minimum atomic E-state index is -4.93. The maximum absolute atomic E-state index is 13.6. The molecule has 11 heteroatoms. The third-order valence-electron chi connectivity index (χ3n) is 3.24. The van der Waals surface area contributed by atoms with Crippen molar-refractivity contribution in [1.29, 1.82) is 5.26 Å². The lowest BCUT2D eigenvalue weighted by molar-refractivity contribution is -0.173. The maximum atomic E-state index is 13.6. The predicted molar refractivity (Wildman–Crippen MR) is 81.6 cm³/mol. The molecule has 25 heavy (non-hydrogen) atoms. The first-order chi connectivity index (χ1) is 11.6. The van der Waals surface area contributed by atoms with Gasteiger partial charge in [0.05, 0.1) is 6.20 Å². The number of hydrogen-bond donors (Lipinski definition) is 0. The molecule has 1 aromatic carbocycles. The molecule has 5 nitrogen and oxygen atoms in total. The molecular weight excluding hydrogens is 382 g/mol. The maximum Gasteiger partial charge on any atom is 0.409 e. The topological polar surface area (TPSA) is 74.1 Å². The molecule has 0 aliphatic rings. The Morgan fingerprint density at radius 1 is 1.32 bits per heavy atom. The summed E-state index contributed by atoms with van der Waals surface area (Å²) in [5.74, 6) is -0.739. The molecule has 0 spiro atoms. The van der Waals surface area contributed by atoms with Crippen LogP contribution in [0, 0.1) is 17.1 Å². The first-order valence-electron chi connectivity index (χ1n) is 6.81. The zero-order valence-corrected chi connectivity index (χ0v) is 14.3. The van der Waals surface area contributed by atoms with E-state index in [1.54, 1.807) is 6.07 Å². The van der Waals surface area contributed by atoms with Gasteiger partial charge in [0.2, 0.25) is 0 Å². The second-order valence-electron chi connectivity index (χ2n) is 4.80. The van der Waals surface area contributed by atoms with E-state index in [1.807, 2.05) is 0 Å². The average Bonchev–Trinajstić information content (AvgIpc) is 3.02. The summed E-state index contributed by atoms with van der Waals surface area (Å²) in [5, 5.41) is 8.55. The molecule has 0 saturated carbocycles. The van der Waals surface area contributed by atoms with Crippen molar-refractivity contribution in [1.82, 2.24) is 9.29 Å². The van der Waals surface area contributed by atoms with Gasteiger partial charge < -0.3 is 0 Å². The van der Waals surface area contributed by atoms with Gasteiger partial charge in [0.1, 0.15) is 17.9 Å². The van der Waals surface area contributed by atoms with Crippen molar-refractivity contribution >= 4 is 21.4 Å². The van der Waals surface area contributed by atoms with Gasteiger partial charge in [-0.05, 0) is 17.7 Å². The Balaban J connectivity index is 2.57. The van der Waals surface area contributed by atoms with Crippen LogP contribution in [0.25, 0.3) is 0 Å². The summed E-state index contributed by atoms with van der Waals surface area (Å²) in [7, 11) is -4.56. The Morgan fingerprint density at radius 3 is 2.36 bits per heavy atom. The number of thiazole rings is 1. The van der Waals surface area contributed by atoms with Gasteiger partial charge >= 0.3 is 6.18 Å². The highest BCUT2D eigenvalue weighted by Gasteiger charge is 2.49. The van der Waals surface area contributed by atoms with Gasteiger partial charge in [0.25, 0.3) is 10.0 Å². The van der Waals surface area contributed by atoms with Crippen LogP contribution < -0.4 is 0 Å². The van der Waals surface area contributed by atoms with Crippen LogP contribution in [0.4, 0.5) is 17.6 Å². The summed E-state index contributed by atoms with van der Waals surface area (Å²) in [6.07, 6.45) is -4.08. The fraction of sp³-hybridized carbons (Fsp3) is 0.286. The zero-order chi connectivity index (χ0) is 18.8. The summed E-state index contributed by atoms with van der Waals surface area (Å²) in [6.45, 7) is 0.774. The van der Waals surface area contributed by atoms with Crippen molar-refractivity contribution in [2.75, 3.05) is 6.54 Å². The SMILES string of the molecule is CCN([C@H](c1ccc(F)cc1)C(F)(F)F)S(=O)(=O)c1cnc(C#N)s1. The Hall–Kier alpha value is -2.03. The Bertz CT molecular complexity index is 886. The van der Waals surface area contributed by atoms with Gasteiger partial charge in [0.15, 0.2) is 9.22 Å². The standard InChI is InChI=1S/C14H11F4N3O2S2/c1-2-21(25(22,23)12-8-20-11(7-19)24-12)13(14(16,17)18)9-3-5-10(15)6-4-9/h3-6,8,13H,2H2,1H3/t13-/m1/s1. The highest BCUT2D eigenvalue weighted by Crippen LogP contribution is 2.41. The molecule has 1 atom stereocenters. The van der Waals surface area contributed by atoms with Crippen molar-refractivity contribution in [3.63, 3.8) is 0 Å². The molecule has 0 saturated heterocycles. The first-order valence-corrected chi connectivity index (χ1v) is 9.07. The Kier molecular flexibility index (Phi) is 5.46. The molecule has 0 fully saturated rings. The van der Waals surface area contributed by atoms with Gasteiger partial charge in [-0.1, -0.05) is 30.4 Å². The van der Waals surface area contributed by atoms with Crippen molar-refractivity contribution in [3.8, 4) is 6.07 Å². The van der Waals surface area contributed by atoms with Crippen LogP contribution in [0.2, 0.25) is 0 Å². The van der Waals surface area contributed by atoms with E-state index < -0.39 is 44.4 Å². The number of hydrogen-bond acceptors (Lipinski definition) is 5. The molecule has 1 heterocycles. The van der Waals surface area contributed by atoms with Crippen molar-refractivity contribution in [2.45, 2.75) is 23.4 Å². The van der Waals surface area contributed by atoms with E-state index in [0.29, 0.717) is 11.3 Å². The number of sulfonamides is 1. The summed E-state index contributed by atoms with van der Waals surface area (Å²) in [6, 6.07) is 2.58. The molecule has 2 aromatic rings. The molecule has 0 N–H and O–H groups in total. The fourth-order valence-corrected chi connectivity index (χ4v) is 4.87. The lowest BCUT2D eigenvalue weighted by atomic mass is 10.1. The predicted octanol–water partition coefficient (Wildman–Crippen LogP) is 3.47. The van der Waals surface area contributed by atoms with Crippen LogP contribution in [0.5, 0.6) is 0 Å². The molecule has 0 radical (unpaired) electrons. The second-order valence-corrected chi connectivity index (χ2v) is 7.95. The lowest BCUT2D eigenvalue weighted by Gasteiger charge is -2.31. The number of rotatable bonds is 5. The van der Waals surface area contributed by atoms with Gasteiger partial charge in [-0.25, -0.2) is 17.8 Å². The Morgan fingerprint density at radius 2 is 1.92 bits per heavy atom. The number of nitriles is 1. The van der Waals surface area contributed by atoms with E-state index in [9.17, 15) is 26.0 Å². The largest absolute Gasteiger partial charge is 0.409 e. The average molecular weight is 393 g/mol. The minimum Gasteiger partial charge on any atom is -0.233 e. The normalized spacial score (nSPS) is 13.6. The quantitative estimate of drug-likeness (QED) is 0.729. The lowest BCUT2D eigenvalue weighted by Crippen LogP contribution is -2.42. The molecule has 134 valence electrons. The summed E-state index contributed by atoms with van der Waals surface area (Å²) in [4.78, 5) is 3.54. The molecule has 2 rings (SSSR count). The van der Waals surface area contributed by atoms with E-state index in [0.717, 1.165) is 30.5 Å². The van der Waals surface area contributed by atoms with Crippen LogP contribution in [0.3, 0.4) is 0 Å². The van der Waals surface area contributed by atoms with E-state index in [4.69, 9.17) is 5.26 Å². The number of aromatic nitrogens is 1. The van der Waals surface area contributed by atoms with Gasteiger partial charge in [-0.3, -0.25) is 0 Å². The van der Waals surface area contributed by atoms with Crippen LogP contribution in [-0.2, 0) is 10.0 Å². The summed E-state index contributed by atoms with van der Waals surface area (Å²) < 4.78 is 78.9. The van der Waals surface area contributed by atoms with Crippen LogP contribution >= 0.6 is 11.3 Å². The highest BCUT2D eigenvalue weighted by atomic mass is 32.2. The second kappa shape index (κ2) is 7.07. The highest BCUT2D eigenvalue weighted by molar-refractivity contribution is 7.91. The molecule has 0 aliphatic heterocycles. The van der Waals surface area contributed by atoms with Gasteiger partial charge in [-0.15, -0.1) is 0 Å². The third kappa shape index (κ3) is 3.97. The monoisotopic (exact) mass is 393 g/mol. The number of benzene rings is 1. The van der Waals surface area contributed by atoms with E-state index in [-0.39, 0.29) is 9.31 Å². The van der Waals surface area contributed by atoms with Crippen molar-refractivity contribution < 1.29 is 26.0 Å². The van der Waals surface area contributed by atoms with Crippen molar-refractivity contribution in [2.24, 2.45) is 0 Å². The summed E-state index contributed by atoms with van der Waals surface area (Å²) >= 11 is 0.480. The zero-order valence-electron chi connectivity index (χ0n) is 12.7. The Labute approximate surface area is 145 Å². The van der Waals surface area contributed by atoms with Crippen molar-refractivity contribution in [3.05, 3.63) is 46.9 Å². The van der Waals surface area contributed by atoms with Crippen LogP contribution in [0.1, 0.15) is 23.5 Å². The third-order valence-corrected chi connectivity index (χ3v) is 6.52. The van der Waals surface area contributed by atoms with Gasteiger partial charge in [0, 0.05) is 6.54 Å². The number of alkyl halides is 3. The number of halogens is 4. The van der Waals surface area contributed by atoms with Crippen LogP contribution in [-0.4, -0.2) is 30.4 Å². The fourth-order valence-electron chi connectivity index (χ4n) is 2.20. The van der Waals surface area contributed by atoms with E-state index >= 15 is 0 Å². The molecular formula is C14H11F4N3O2S2. The first kappa shape index (κ1) is 19.3. The smallest absolute Gasteiger partial charge is 0.233 e. The molecule has 0 unspecified atom stereocenters.